The lowest BCUT2D eigenvalue weighted by Gasteiger charge is -2.30. The maximum absolute atomic E-state index is 12.7. The van der Waals surface area contributed by atoms with Gasteiger partial charge >= 0.3 is 12.3 Å². The van der Waals surface area contributed by atoms with Crippen LogP contribution in [0.4, 0.5) is 13.2 Å². The Kier molecular flexibility index (Phi) is 6.08. The highest BCUT2D eigenvalue weighted by molar-refractivity contribution is 5.70. The van der Waals surface area contributed by atoms with Crippen LogP contribution in [-0.4, -0.2) is 55.4 Å². The van der Waals surface area contributed by atoms with E-state index in [2.05, 4.69) is 20.0 Å². The van der Waals surface area contributed by atoms with Gasteiger partial charge in [0, 0.05) is 37.1 Å². The van der Waals surface area contributed by atoms with Gasteiger partial charge in [-0.05, 0) is 43.7 Å². The molecular weight excluding hydrogens is 427 g/mol. The van der Waals surface area contributed by atoms with Gasteiger partial charge in [-0.25, -0.2) is 4.68 Å². The molecule has 1 unspecified atom stereocenters. The molecule has 0 saturated carbocycles. The Bertz CT molecular complexity index is 1090. The molecule has 2 aromatic heterocycles. The monoisotopic (exact) mass is 447 g/mol. The van der Waals surface area contributed by atoms with Crippen molar-refractivity contribution < 1.29 is 27.8 Å². The number of halogens is 3. The van der Waals surface area contributed by atoms with E-state index >= 15 is 0 Å². The molecule has 0 radical (unpaired) electrons. The van der Waals surface area contributed by atoms with Crippen LogP contribution in [0.5, 0.6) is 5.75 Å². The van der Waals surface area contributed by atoms with Crippen molar-refractivity contribution in [2.24, 2.45) is 5.92 Å². The van der Waals surface area contributed by atoms with Crippen LogP contribution in [0.25, 0.3) is 16.9 Å². The first-order valence-electron chi connectivity index (χ1n) is 9.96. The number of carboxylic acid groups (broad SMARTS) is 1. The summed E-state index contributed by atoms with van der Waals surface area (Å²) in [5, 5.41) is 17.8. The number of carbonyl (C=O) groups is 1. The molecule has 0 amide bonds. The molecule has 1 atom stereocenters. The maximum atomic E-state index is 12.7. The molecule has 0 spiro atoms. The number of aromatic nitrogens is 4. The molecule has 3 aromatic rings. The number of alkyl halides is 3. The van der Waals surface area contributed by atoms with Crippen LogP contribution < -0.4 is 4.74 Å². The molecule has 8 nitrogen and oxygen atoms in total. The second kappa shape index (κ2) is 8.95. The molecule has 1 aliphatic heterocycles. The van der Waals surface area contributed by atoms with E-state index in [1.165, 1.54) is 22.9 Å². The minimum Gasteiger partial charge on any atom is -0.481 e. The summed E-state index contributed by atoms with van der Waals surface area (Å²) in [5.74, 6) is -1.64. The van der Waals surface area contributed by atoms with E-state index in [0.29, 0.717) is 36.6 Å². The smallest absolute Gasteiger partial charge is 0.481 e. The van der Waals surface area contributed by atoms with Gasteiger partial charge in [0.25, 0.3) is 0 Å². The van der Waals surface area contributed by atoms with Crippen molar-refractivity contribution in [2.75, 3.05) is 13.1 Å². The van der Waals surface area contributed by atoms with E-state index in [1.807, 2.05) is 4.90 Å². The number of aliphatic carboxylic acids is 1. The summed E-state index contributed by atoms with van der Waals surface area (Å²) in [6.45, 7) is 1.48. The van der Waals surface area contributed by atoms with Crippen molar-refractivity contribution in [2.45, 2.75) is 25.7 Å². The lowest BCUT2D eigenvalue weighted by molar-refractivity contribution is -0.274. The van der Waals surface area contributed by atoms with Gasteiger partial charge in [0.15, 0.2) is 0 Å². The third-order valence-corrected chi connectivity index (χ3v) is 5.22. The molecule has 1 N–H and O–H groups in total. The largest absolute Gasteiger partial charge is 0.573 e. The fourth-order valence-corrected chi connectivity index (χ4v) is 3.82. The summed E-state index contributed by atoms with van der Waals surface area (Å²) < 4.78 is 43.5. The number of piperidine rings is 1. The van der Waals surface area contributed by atoms with Crippen molar-refractivity contribution >= 4 is 5.97 Å². The number of hydrogen-bond acceptors (Lipinski definition) is 6. The normalized spacial score (nSPS) is 17.3. The average Bonchev–Trinajstić information content (AvgIpc) is 3.17. The second-order valence-corrected chi connectivity index (χ2v) is 7.49. The molecule has 11 heteroatoms. The van der Waals surface area contributed by atoms with E-state index < -0.39 is 18.2 Å². The summed E-state index contributed by atoms with van der Waals surface area (Å²) in [6.07, 6.45) is -0.231. The highest BCUT2D eigenvalue weighted by Crippen LogP contribution is 2.30. The van der Waals surface area contributed by atoms with Gasteiger partial charge in [0.2, 0.25) is 0 Å². The molecular formula is C21H20F3N5O3. The van der Waals surface area contributed by atoms with Crippen molar-refractivity contribution in [3.8, 4) is 22.7 Å². The fraction of sp³-hybridized carbons (Fsp3) is 0.333. The minimum atomic E-state index is -4.81. The highest BCUT2D eigenvalue weighted by atomic mass is 19.4. The first kappa shape index (κ1) is 21.8. The van der Waals surface area contributed by atoms with Crippen molar-refractivity contribution in [3.05, 3.63) is 54.5 Å². The molecule has 4 rings (SSSR count). The molecule has 1 fully saturated rings. The Balaban J connectivity index is 1.70. The van der Waals surface area contributed by atoms with E-state index in [-0.39, 0.29) is 5.75 Å². The molecule has 1 aliphatic rings. The Morgan fingerprint density at radius 1 is 1.22 bits per heavy atom. The van der Waals surface area contributed by atoms with Gasteiger partial charge < -0.3 is 9.84 Å². The van der Waals surface area contributed by atoms with Gasteiger partial charge in [-0.15, -0.1) is 18.3 Å². The summed E-state index contributed by atoms with van der Waals surface area (Å²) in [6, 6.07) is 9.00. The van der Waals surface area contributed by atoms with Gasteiger partial charge in [-0.1, -0.05) is 11.3 Å². The number of hydrogen-bond donors (Lipinski definition) is 1. The highest BCUT2D eigenvalue weighted by Gasteiger charge is 2.31. The molecule has 32 heavy (non-hydrogen) atoms. The molecule has 0 bridgehead atoms. The predicted octanol–water partition coefficient (Wildman–Crippen LogP) is 3.52. The van der Waals surface area contributed by atoms with Crippen LogP contribution in [0.2, 0.25) is 0 Å². The number of likely N-dealkylation sites (tertiary alicyclic amines) is 1. The molecule has 1 aromatic carbocycles. The van der Waals surface area contributed by atoms with E-state index in [0.717, 1.165) is 18.5 Å². The molecule has 3 heterocycles. The fourth-order valence-electron chi connectivity index (χ4n) is 3.82. The van der Waals surface area contributed by atoms with Crippen LogP contribution in [0, 0.1) is 5.92 Å². The number of nitrogens with zero attached hydrogens (tertiary/aromatic N) is 5. The van der Waals surface area contributed by atoms with E-state index in [9.17, 15) is 23.1 Å². The Morgan fingerprint density at radius 2 is 2.00 bits per heavy atom. The number of benzene rings is 1. The lowest BCUT2D eigenvalue weighted by Crippen LogP contribution is -2.38. The van der Waals surface area contributed by atoms with E-state index in [4.69, 9.17) is 0 Å². The minimum absolute atomic E-state index is 0.347. The van der Waals surface area contributed by atoms with Crippen LogP contribution in [0.3, 0.4) is 0 Å². The summed E-state index contributed by atoms with van der Waals surface area (Å²) in [4.78, 5) is 17.4. The number of ether oxygens (including phenoxy) is 1. The van der Waals surface area contributed by atoms with Crippen LogP contribution >= 0.6 is 0 Å². The van der Waals surface area contributed by atoms with Gasteiger partial charge in [-0.2, -0.15) is 0 Å². The van der Waals surface area contributed by atoms with Crippen molar-refractivity contribution in [3.63, 3.8) is 0 Å². The maximum Gasteiger partial charge on any atom is 0.573 e. The Morgan fingerprint density at radius 3 is 2.72 bits per heavy atom. The van der Waals surface area contributed by atoms with Gasteiger partial charge in [0.05, 0.1) is 17.3 Å². The summed E-state index contributed by atoms with van der Waals surface area (Å²) in [7, 11) is 0. The average molecular weight is 447 g/mol. The number of rotatable bonds is 6. The third kappa shape index (κ3) is 5.05. The van der Waals surface area contributed by atoms with Crippen molar-refractivity contribution in [1.29, 1.82) is 0 Å². The Labute approximate surface area is 181 Å². The quantitative estimate of drug-likeness (QED) is 0.618. The summed E-state index contributed by atoms with van der Waals surface area (Å²) >= 11 is 0. The van der Waals surface area contributed by atoms with Crippen LogP contribution in [-0.2, 0) is 11.3 Å². The first-order chi connectivity index (χ1) is 15.3. The zero-order valence-corrected chi connectivity index (χ0v) is 16.9. The van der Waals surface area contributed by atoms with Crippen LogP contribution in [0.15, 0.2) is 48.8 Å². The van der Waals surface area contributed by atoms with Gasteiger partial charge in [-0.3, -0.25) is 14.7 Å². The topological polar surface area (TPSA) is 93.4 Å². The van der Waals surface area contributed by atoms with Crippen LogP contribution in [0.1, 0.15) is 18.5 Å². The SMILES string of the molecule is O=C(O)C1CCCN(Cc2nnn(-c3cccc(OC(F)(F)F)c3)c2-c2ccncc2)C1. The van der Waals surface area contributed by atoms with Gasteiger partial charge in [0.1, 0.15) is 11.4 Å². The van der Waals surface area contributed by atoms with Crippen molar-refractivity contribution in [1.82, 2.24) is 24.9 Å². The molecule has 0 aliphatic carbocycles. The molecule has 168 valence electrons. The standard InChI is InChI=1S/C21H20F3N5O3/c22-21(23,24)32-17-5-1-4-16(11-17)29-19(14-6-8-25-9-7-14)18(26-27-29)13-28-10-2-3-15(12-28)20(30)31/h1,4-9,11,15H,2-3,10,12-13H2,(H,30,31). The number of carboxylic acids is 1. The third-order valence-electron chi connectivity index (χ3n) is 5.22. The molecule has 1 saturated heterocycles. The van der Waals surface area contributed by atoms with E-state index in [1.54, 1.807) is 30.6 Å². The predicted molar refractivity (Wildman–Crippen MR) is 107 cm³/mol. The number of pyridine rings is 1. The zero-order valence-electron chi connectivity index (χ0n) is 16.9. The first-order valence-corrected chi connectivity index (χ1v) is 9.96. The Hall–Kier alpha value is -3.47. The second-order valence-electron chi connectivity index (χ2n) is 7.49. The lowest BCUT2D eigenvalue weighted by atomic mass is 9.98. The summed E-state index contributed by atoms with van der Waals surface area (Å²) in [5.41, 5.74) is 2.26. The zero-order chi connectivity index (χ0) is 22.7.